The molecule has 4 nitrogen and oxygen atoms in total. The lowest BCUT2D eigenvalue weighted by Gasteiger charge is -2.13. The number of hydrogen-bond acceptors (Lipinski definition) is 2. The molecule has 0 fully saturated rings. The summed E-state index contributed by atoms with van der Waals surface area (Å²) in [5.74, 6) is 0. The zero-order valence-electron chi connectivity index (χ0n) is 22.5. The number of nitrogens with zero attached hydrogens (tertiary/aromatic N) is 4. The molecule has 0 aliphatic heterocycles. The first-order chi connectivity index (χ1) is 20.8. The van der Waals surface area contributed by atoms with Gasteiger partial charge in [0.1, 0.15) is 6.07 Å². The molecule has 8 aromatic rings. The van der Waals surface area contributed by atoms with Crippen LogP contribution < -0.4 is 0 Å². The summed E-state index contributed by atoms with van der Waals surface area (Å²) in [6.45, 7) is 0. The maximum Gasteiger partial charge on any atom is 0.101 e. The highest BCUT2D eigenvalue weighted by atomic mass is 15.0. The number of rotatable bonds is 3. The molecule has 2 aromatic heterocycles. The highest BCUT2D eigenvalue weighted by molar-refractivity contribution is 6.15. The molecule has 0 aliphatic carbocycles. The largest absolute Gasteiger partial charge is 0.309 e. The van der Waals surface area contributed by atoms with Gasteiger partial charge in [-0.1, -0.05) is 78.9 Å². The van der Waals surface area contributed by atoms with E-state index in [2.05, 4.69) is 100 Å². The van der Waals surface area contributed by atoms with E-state index in [1.165, 1.54) is 0 Å². The predicted octanol–water partition coefficient (Wildman–Crippen LogP) is 9.29. The summed E-state index contributed by atoms with van der Waals surface area (Å²) >= 11 is 0. The van der Waals surface area contributed by atoms with Gasteiger partial charge in [-0.15, -0.1) is 0 Å². The zero-order chi connectivity index (χ0) is 28.2. The van der Waals surface area contributed by atoms with Crippen molar-refractivity contribution in [1.29, 1.82) is 10.5 Å². The van der Waals surface area contributed by atoms with Crippen molar-refractivity contribution in [3.63, 3.8) is 0 Å². The Morgan fingerprint density at radius 1 is 0.476 bits per heavy atom. The summed E-state index contributed by atoms with van der Waals surface area (Å²) < 4.78 is 4.50. The van der Waals surface area contributed by atoms with E-state index in [1.807, 2.05) is 54.6 Å². The van der Waals surface area contributed by atoms with Crippen molar-refractivity contribution in [2.75, 3.05) is 0 Å². The van der Waals surface area contributed by atoms with Gasteiger partial charge in [-0.25, -0.2) is 0 Å². The van der Waals surface area contributed by atoms with Gasteiger partial charge in [0.15, 0.2) is 0 Å². The number of para-hydroxylation sites is 4. The van der Waals surface area contributed by atoms with E-state index in [4.69, 9.17) is 0 Å². The average Bonchev–Trinajstić information content (AvgIpc) is 3.57. The molecule has 0 atom stereocenters. The quantitative estimate of drug-likeness (QED) is 0.227. The topological polar surface area (TPSA) is 57.4 Å². The maximum absolute atomic E-state index is 9.97. The van der Waals surface area contributed by atoms with Gasteiger partial charge in [0.2, 0.25) is 0 Å². The molecule has 0 spiro atoms. The molecule has 0 saturated carbocycles. The van der Waals surface area contributed by atoms with Crippen LogP contribution in [-0.4, -0.2) is 9.13 Å². The van der Waals surface area contributed by atoms with Crippen LogP contribution in [0.5, 0.6) is 0 Å². The maximum atomic E-state index is 9.97. The molecular weight excluding hydrogens is 512 g/mol. The minimum atomic E-state index is 0.630. The fraction of sp³-hybridized carbons (Fsp3) is 0. The second-order valence-electron chi connectivity index (χ2n) is 10.4. The Kier molecular flexibility index (Phi) is 5.22. The molecular formula is C38H22N4. The van der Waals surface area contributed by atoms with E-state index in [1.54, 1.807) is 0 Å². The number of nitriles is 2. The van der Waals surface area contributed by atoms with Gasteiger partial charge in [0.25, 0.3) is 0 Å². The summed E-state index contributed by atoms with van der Waals surface area (Å²) in [6, 6.07) is 50.1. The van der Waals surface area contributed by atoms with Crippen molar-refractivity contribution >= 4 is 43.6 Å². The Balaban J connectivity index is 1.49. The third-order valence-electron chi connectivity index (χ3n) is 8.18. The van der Waals surface area contributed by atoms with Crippen LogP contribution in [0, 0.1) is 22.7 Å². The Bertz CT molecular complexity index is 2430. The highest BCUT2D eigenvalue weighted by Gasteiger charge is 2.19. The summed E-state index contributed by atoms with van der Waals surface area (Å²) in [4.78, 5) is 0. The molecule has 0 aliphatic rings. The molecule has 42 heavy (non-hydrogen) atoms. The molecule has 2 heterocycles. The van der Waals surface area contributed by atoms with Crippen molar-refractivity contribution in [3.8, 4) is 34.6 Å². The van der Waals surface area contributed by atoms with Crippen LogP contribution in [0.15, 0.2) is 133 Å². The van der Waals surface area contributed by atoms with Crippen LogP contribution in [0.2, 0.25) is 0 Å². The van der Waals surface area contributed by atoms with Crippen molar-refractivity contribution in [3.05, 3.63) is 145 Å². The van der Waals surface area contributed by atoms with Crippen LogP contribution in [0.4, 0.5) is 0 Å². The number of fused-ring (bicyclic) bond motifs is 6. The van der Waals surface area contributed by atoms with E-state index in [-0.39, 0.29) is 0 Å². The molecule has 4 heteroatoms. The SMILES string of the molecule is N#Cc1ccc2c(c1)c1cccc(-c3ccc4c5ccccc5n(-c5ccccc5C#N)c4c3)c1n2-c1ccccc1. The van der Waals surface area contributed by atoms with Crippen molar-refractivity contribution in [2.45, 2.75) is 0 Å². The van der Waals surface area contributed by atoms with Crippen molar-refractivity contribution in [2.24, 2.45) is 0 Å². The minimum absolute atomic E-state index is 0.630. The second-order valence-corrected chi connectivity index (χ2v) is 10.4. The molecule has 8 rings (SSSR count). The fourth-order valence-electron chi connectivity index (χ4n) is 6.38. The van der Waals surface area contributed by atoms with Gasteiger partial charge in [-0.2, -0.15) is 10.5 Å². The summed E-state index contributed by atoms with van der Waals surface area (Å²) in [5.41, 5.74) is 9.62. The van der Waals surface area contributed by atoms with Crippen LogP contribution in [0.25, 0.3) is 66.1 Å². The summed E-state index contributed by atoms with van der Waals surface area (Å²) in [7, 11) is 0. The van der Waals surface area contributed by atoms with Gasteiger partial charge < -0.3 is 9.13 Å². The second kappa shape index (κ2) is 9.24. The van der Waals surface area contributed by atoms with Crippen LogP contribution >= 0.6 is 0 Å². The smallest absolute Gasteiger partial charge is 0.101 e. The van der Waals surface area contributed by atoms with Crippen LogP contribution in [-0.2, 0) is 0 Å². The Labute approximate surface area is 242 Å². The van der Waals surface area contributed by atoms with E-state index >= 15 is 0 Å². The predicted molar refractivity (Wildman–Crippen MR) is 170 cm³/mol. The van der Waals surface area contributed by atoms with Crippen molar-refractivity contribution in [1.82, 2.24) is 9.13 Å². The Morgan fingerprint density at radius 2 is 1.21 bits per heavy atom. The van der Waals surface area contributed by atoms with Crippen LogP contribution in [0.3, 0.4) is 0 Å². The minimum Gasteiger partial charge on any atom is -0.309 e. The molecule has 0 radical (unpaired) electrons. The first-order valence-corrected chi connectivity index (χ1v) is 13.8. The van der Waals surface area contributed by atoms with E-state index < -0.39 is 0 Å². The van der Waals surface area contributed by atoms with Gasteiger partial charge in [-0.05, 0) is 60.2 Å². The van der Waals surface area contributed by atoms with Gasteiger partial charge >= 0.3 is 0 Å². The lowest BCUT2D eigenvalue weighted by atomic mass is 10.00. The number of hydrogen-bond donors (Lipinski definition) is 0. The molecule has 0 unspecified atom stereocenters. The first-order valence-electron chi connectivity index (χ1n) is 13.8. The number of benzene rings is 6. The van der Waals surface area contributed by atoms with Crippen LogP contribution in [0.1, 0.15) is 11.1 Å². The molecule has 0 N–H and O–H groups in total. The number of aromatic nitrogens is 2. The molecule has 0 saturated heterocycles. The normalized spacial score (nSPS) is 11.3. The van der Waals surface area contributed by atoms with Gasteiger partial charge in [0, 0.05) is 32.8 Å². The van der Waals surface area contributed by atoms with E-state index in [0.29, 0.717) is 11.1 Å². The molecule has 6 aromatic carbocycles. The third-order valence-corrected chi connectivity index (χ3v) is 8.18. The standard InChI is InChI=1S/C38H22N4/c39-23-25-17-20-36-33(21-25)32-14-8-13-29(38(32)41(36)28-10-2-1-3-11-28)26-18-19-31-30-12-5-7-16-35(30)42(37(31)22-26)34-15-6-4-9-27(34)24-40/h1-22H. The lowest BCUT2D eigenvalue weighted by molar-refractivity contribution is 1.17. The Hall–Kier alpha value is -6.10. The molecule has 0 bridgehead atoms. The first kappa shape index (κ1) is 23.8. The van der Waals surface area contributed by atoms with E-state index in [9.17, 15) is 10.5 Å². The van der Waals surface area contributed by atoms with E-state index in [0.717, 1.165) is 66.1 Å². The monoisotopic (exact) mass is 534 g/mol. The summed E-state index contributed by atoms with van der Waals surface area (Å²) in [5, 5.41) is 24.1. The molecule has 194 valence electrons. The Morgan fingerprint density at radius 3 is 2.07 bits per heavy atom. The van der Waals surface area contributed by atoms with Gasteiger partial charge in [0.05, 0.1) is 45.0 Å². The highest BCUT2D eigenvalue weighted by Crippen LogP contribution is 2.41. The average molecular weight is 535 g/mol. The lowest BCUT2D eigenvalue weighted by Crippen LogP contribution is -1.97. The fourth-order valence-corrected chi connectivity index (χ4v) is 6.38. The zero-order valence-corrected chi connectivity index (χ0v) is 22.5. The molecule has 0 amide bonds. The summed E-state index contributed by atoms with van der Waals surface area (Å²) in [6.07, 6.45) is 0. The van der Waals surface area contributed by atoms with Gasteiger partial charge in [-0.3, -0.25) is 0 Å². The van der Waals surface area contributed by atoms with Crippen molar-refractivity contribution < 1.29 is 0 Å². The third kappa shape index (κ3) is 3.40.